The summed E-state index contributed by atoms with van der Waals surface area (Å²) in [6.07, 6.45) is 8.22. The molecule has 0 aliphatic heterocycles. The number of allylic oxidation sites excluding steroid dienone is 2. The molecule has 70 valence electrons. The molecule has 1 heteroatoms. The van der Waals surface area contributed by atoms with E-state index in [1.54, 1.807) is 0 Å². The smallest absolute Gasteiger partial charge is 0.135 e. The van der Waals surface area contributed by atoms with E-state index in [0.717, 1.165) is 12.8 Å². The van der Waals surface area contributed by atoms with Crippen molar-refractivity contribution >= 4 is 5.78 Å². The van der Waals surface area contributed by atoms with Gasteiger partial charge in [0, 0.05) is 12.3 Å². The molecule has 0 aromatic carbocycles. The van der Waals surface area contributed by atoms with Crippen molar-refractivity contribution < 1.29 is 4.79 Å². The number of ketones is 1. The summed E-state index contributed by atoms with van der Waals surface area (Å²) in [7, 11) is 0. The molecule has 0 aromatic rings. The molecule has 0 saturated carbocycles. The number of Topliss-reactive ketones (excluding diaryl/α,β-unsaturated/α-hetero) is 1. The minimum absolute atomic E-state index is 0.199. The van der Waals surface area contributed by atoms with Crippen LogP contribution in [0.15, 0.2) is 12.2 Å². The van der Waals surface area contributed by atoms with Gasteiger partial charge in [-0.1, -0.05) is 39.3 Å². The Morgan fingerprint density at radius 2 is 1.83 bits per heavy atom. The third-order valence-corrected chi connectivity index (χ3v) is 1.82. The molecular formula is C11H20O. The zero-order chi connectivity index (χ0) is 9.40. The van der Waals surface area contributed by atoms with E-state index in [2.05, 4.69) is 19.1 Å². The van der Waals surface area contributed by atoms with Gasteiger partial charge in [-0.3, -0.25) is 4.79 Å². The Bertz CT molecular complexity index is 145. The molecule has 12 heavy (non-hydrogen) atoms. The largest absolute Gasteiger partial charge is 0.299 e. The van der Waals surface area contributed by atoms with Crippen molar-refractivity contribution in [3.8, 4) is 0 Å². The second-order valence-electron chi connectivity index (χ2n) is 3.42. The molecule has 0 aliphatic carbocycles. The van der Waals surface area contributed by atoms with Crippen LogP contribution in [-0.4, -0.2) is 5.78 Å². The van der Waals surface area contributed by atoms with E-state index in [9.17, 15) is 4.79 Å². The first-order valence-corrected chi connectivity index (χ1v) is 4.86. The topological polar surface area (TPSA) is 17.1 Å². The number of unbranched alkanes of at least 4 members (excludes halogenated alkanes) is 1. The summed E-state index contributed by atoms with van der Waals surface area (Å²) in [6, 6.07) is 0. The quantitative estimate of drug-likeness (QED) is 0.556. The van der Waals surface area contributed by atoms with Crippen LogP contribution in [0.1, 0.15) is 46.5 Å². The number of carbonyl (C=O) groups excluding carboxylic acids is 1. The van der Waals surface area contributed by atoms with Gasteiger partial charge in [-0.15, -0.1) is 0 Å². The maximum atomic E-state index is 11.1. The highest BCUT2D eigenvalue weighted by atomic mass is 16.1. The Morgan fingerprint density at radius 3 is 2.33 bits per heavy atom. The predicted octanol–water partition coefficient (Wildman–Crippen LogP) is 3.35. The summed E-state index contributed by atoms with van der Waals surface area (Å²) in [5, 5.41) is 0. The van der Waals surface area contributed by atoms with Crippen LogP contribution in [-0.2, 0) is 4.79 Å². The van der Waals surface area contributed by atoms with E-state index in [-0.39, 0.29) is 5.92 Å². The summed E-state index contributed by atoms with van der Waals surface area (Å²) in [5.74, 6) is 0.570. The summed E-state index contributed by atoms with van der Waals surface area (Å²) in [6.45, 7) is 6.07. The van der Waals surface area contributed by atoms with Gasteiger partial charge in [0.2, 0.25) is 0 Å². The fraction of sp³-hybridized carbons (Fsp3) is 0.727. The Labute approximate surface area is 75.9 Å². The van der Waals surface area contributed by atoms with Gasteiger partial charge in [0.05, 0.1) is 0 Å². The van der Waals surface area contributed by atoms with Gasteiger partial charge < -0.3 is 0 Å². The van der Waals surface area contributed by atoms with Crippen molar-refractivity contribution in [2.24, 2.45) is 5.92 Å². The lowest BCUT2D eigenvalue weighted by atomic mass is 10.0. The highest BCUT2D eigenvalue weighted by molar-refractivity contribution is 5.80. The van der Waals surface area contributed by atoms with Crippen LogP contribution >= 0.6 is 0 Å². The molecule has 0 aliphatic rings. The molecule has 0 N–H and O–H groups in total. The van der Waals surface area contributed by atoms with Crippen molar-refractivity contribution in [3.05, 3.63) is 12.2 Å². The molecule has 0 atom stereocenters. The third-order valence-electron chi connectivity index (χ3n) is 1.82. The van der Waals surface area contributed by atoms with Crippen LogP contribution in [0.3, 0.4) is 0 Å². The fourth-order valence-corrected chi connectivity index (χ4v) is 0.917. The highest BCUT2D eigenvalue weighted by Crippen LogP contribution is 2.02. The molecule has 0 unspecified atom stereocenters. The van der Waals surface area contributed by atoms with E-state index < -0.39 is 0 Å². The lowest BCUT2D eigenvalue weighted by Crippen LogP contribution is -2.05. The molecule has 1 nitrogen and oxygen atoms in total. The molecule has 0 fully saturated rings. The molecule has 0 spiro atoms. The van der Waals surface area contributed by atoms with Gasteiger partial charge in [0.15, 0.2) is 0 Å². The van der Waals surface area contributed by atoms with Crippen LogP contribution in [0, 0.1) is 5.92 Å². The predicted molar refractivity (Wildman–Crippen MR) is 53.1 cm³/mol. The first-order chi connectivity index (χ1) is 5.68. The van der Waals surface area contributed by atoms with Crippen LogP contribution in [0.25, 0.3) is 0 Å². The van der Waals surface area contributed by atoms with E-state index in [1.807, 2.05) is 13.8 Å². The average Bonchev–Trinajstić information content (AvgIpc) is 2.03. The van der Waals surface area contributed by atoms with Crippen molar-refractivity contribution in [1.82, 2.24) is 0 Å². The van der Waals surface area contributed by atoms with E-state index in [1.165, 1.54) is 6.42 Å². The molecule has 0 heterocycles. The van der Waals surface area contributed by atoms with Crippen molar-refractivity contribution in [2.75, 3.05) is 0 Å². The zero-order valence-electron chi connectivity index (χ0n) is 8.47. The van der Waals surface area contributed by atoms with E-state index >= 15 is 0 Å². The lowest BCUT2D eigenvalue weighted by molar-refractivity contribution is -0.121. The summed E-state index contributed by atoms with van der Waals surface area (Å²) >= 11 is 0. The van der Waals surface area contributed by atoms with Crippen LogP contribution < -0.4 is 0 Å². The van der Waals surface area contributed by atoms with Crippen LogP contribution in [0.5, 0.6) is 0 Å². The van der Waals surface area contributed by atoms with E-state index in [0.29, 0.717) is 12.2 Å². The highest BCUT2D eigenvalue weighted by Gasteiger charge is 2.04. The Morgan fingerprint density at radius 1 is 1.25 bits per heavy atom. The Kier molecular flexibility index (Phi) is 6.73. The van der Waals surface area contributed by atoms with Gasteiger partial charge in [0.1, 0.15) is 5.78 Å². The number of hydrogen-bond donors (Lipinski definition) is 0. The molecular weight excluding hydrogens is 148 g/mol. The average molecular weight is 168 g/mol. The molecule has 0 amide bonds. The first kappa shape index (κ1) is 11.4. The normalized spacial score (nSPS) is 11.3. The molecule has 0 rings (SSSR count). The fourth-order valence-electron chi connectivity index (χ4n) is 0.917. The molecule has 0 saturated heterocycles. The zero-order valence-corrected chi connectivity index (χ0v) is 8.47. The third kappa shape index (κ3) is 6.14. The SMILES string of the molecule is CCC/C=C/CCC(=O)C(C)C. The minimum atomic E-state index is 0.199. The van der Waals surface area contributed by atoms with Crippen molar-refractivity contribution in [3.63, 3.8) is 0 Å². The van der Waals surface area contributed by atoms with Crippen molar-refractivity contribution in [2.45, 2.75) is 46.5 Å². The summed E-state index contributed by atoms with van der Waals surface area (Å²) in [5.41, 5.74) is 0. The lowest BCUT2D eigenvalue weighted by Gasteiger charge is -2.00. The molecule has 0 bridgehead atoms. The maximum Gasteiger partial charge on any atom is 0.135 e. The van der Waals surface area contributed by atoms with Crippen LogP contribution in [0.4, 0.5) is 0 Å². The first-order valence-electron chi connectivity index (χ1n) is 4.86. The summed E-state index contributed by atoms with van der Waals surface area (Å²) in [4.78, 5) is 11.1. The number of hydrogen-bond acceptors (Lipinski definition) is 1. The van der Waals surface area contributed by atoms with Crippen molar-refractivity contribution in [1.29, 1.82) is 0 Å². The number of carbonyl (C=O) groups is 1. The Balaban J connectivity index is 3.37. The Hall–Kier alpha value is -0.590. The van der Waals surface area contributed by atoms with Gasteiger partial charge in [0.25, 0.3) is 0 Å². The monoisotopic (exact) mass is 168 g/mol. The van der Waals surface area contributed by atoms with Gasteiger partial charge in [-0.05, 0) is 12.8 Å². The number of rotatable bonds is 6. The van der Waals surface area contributed by atoms with Crippen LogP contribution in [0.2, 0.25) is 0 Å². The second-order valence-corrected chi connectivity index (χ2v) is 3.42. The molecule has 0 aromatic heterocycles. The van der Waals surface area contributed by atoms with Gasteiger partial charge in [-0.2, -0.15) is 0 Å². The standard InChI is InChI=1S/C11H20O/c1-4-5-6-7-8-9-11(12)10(2)3/h6-7,10H,4-5,8-9H2,1-3H3/b7-6+. The second kappa shape index (κ2) is 7.08. The summed E-state index contributed by atoms with van der Waals surface area (Å²) < 4.78 is 0. The maximum absolute atomic E-state index is 11.1. The minimum Gasteiger partial charge on any atom is -0.299 e. The van der Waals surface area contributed by atoms with E-state index in [4.69, 9.17) is 0 Å². The van der Waals surface area contributed by atoms with Gasteiger partial charge >= 0.3 is 0 Å². The molecule has 0 radical (unpaired) electrons. The van der Waals surface area contributed by atoms with Gasteiger partial charge in [-0.25, -0.2) is 0 Å².